The lowest BCUT2D eigenvalue weighted by Gasteiger charge is -2.17. The molecule has 0 saturated heterocycles. The van der Waals surface area contributed by atoms with Crippen molar-refractivity contribution in [2.75, 3.05) is 5.32 Å². The van der Waals surface area contributed by atoms with Gasteiger partial charge < -0.3 is 5.32 Å². The molecule has 0 saturated carbocycles. The van der Waals surface area contributed by atoms with Gasteiger partial charge in [0, 0.05) is 5.69 Å². The van der Waals surface area contributed by atoms with Crippen LogP contribution in [0.2, 0.25) is 0 Å². The predicted octanol–water partition coefficient (Wildman–Crippen LogP) is 2.58. The summed E-state index contributed by atoms with van der Waals surface area (Å²) in [6.45, 7) is 3.16. The van der Waals surface area contributed by atoms with Gasteiger partial charge in [-0.1, -0.05) is 6.07 Å². The van der Waals surface area contributed by atoms with Gasteiger partial charge >= 0.3 is 6.03 Å². The number of benzene rings is 1. The lowest BCUT2D eigenvalue weighted by atomic mass is 9.99. The SMILES string of the molecule is Cc1ncnc(C)c1S(=O)(=O)NC(=O)Nc1c2c(cc3c1CCC3)CCC2. The fourth-order valence-corrected chi connectivity index (χ4v) is 5.53. The molecule has 1 aromatic carbocycles. The Morgan fingerprint density at radius 3 is 2.07 bits per heavy atom. The second-order valence-corrected chi connectivity index (χ2v) is 8.79. The summed E-state index contributed by atoms with van der Waals surface area (Å²) in [4.78, 5) is 20.4. The molecular weight excluding hydrogens is 364 g/mol. The van der Waals surface area contributed by atoms with Crippen LogP contribution in [0.25, 0.3) is 0 Å². The van der Waals surface area contributed by atoms with Gasteiger partial charge in [-0.15, -0.1) is 0 Å². The molecule has 2 aliphatic rings. The third-order valence-corrected chi connectivity index (χ3v) is 6.95. The van der Waals surface area contributed by atoms with Gasteiger partial charge in [-0.3, -0.25) is 0 Å². The molecule has 0 atom stereocenters. The van der Waals surface area contributed by atoms with Crippen LogP contribution in [0.3, 0.4) is 0 Å². The van der Waals surface area contributed by atoms with Crippen LogP contribution in [0.15, 0.2) is 17.3 Å². The molecule has 0 bridgehead atoms. The molecule has 2 aromatic rings. The molecule has 0 aliphatic heterocycles. The largest absolute Gasteiger partial charge is 0.333 e. The molecular formula is C19H22N4O3S. The monoisotopic (exact) mass is 386 g/mol. The lowest BCUT2D eigenvalue weighted by molar-refractivity contribution is 0.256. The number of hydrogen-bond donors (Lipinski definition) is 2. The zero-order valence-electron chi connectivity index (χ0n) is 15.4. The molecule has 2 amide bonds. The summed E-state index contributed by atoms with van der Waals surface area (Å²) in [6, 6.07) is 1.52. The standard InChI is InChI=1S/C19H22N4O3S/c1-11-18(12(2)21-10-20-11)27(25,26)23-19(24)22-17-15-7-3-5-13(15)9-14-6-4-8-16(14)17/h9-10H,3-8H2,1-2H3,(H2,22,23,24). The molecule has 2 aliphatic carbocycles. The van der Waals surface area contributed by atoms with Gasteiger partial charge in [0.15, 0.2) is 0 Å². The third-order valence-electron chi connectivity index (χ3n) is 5.37. The zero-order chi connectivity index (χ0) is 19.2. The second kappa shape index (κ2) is 6.60. The molecule has 1 heterocycles. The Labute approximate surface area is 158 Å². The van der Waals surface area contributed by atoms with Crippen LogP contribution in [0.4, 0.5) is 10.5 Å². The van der Waals surface area contributed by atoms with E-state index in [0.29, 0.717) is 11.4 Å². The summed E-state index contributed by atoms with van der Waals surface area (Å²) < 4.78 is 27.5. The van der Waals surface area contributed by atoms with E-state index in [0.717, 1.165) is 55.3 Å². The zero-order valence-corrected chi connectivity index (χ0v) is 16.2. The summed E-state index contributed by atoms with van der Waals surface area (Å²) in [5.41, 5.74) is 6.28. The fraction of sp³-hybridized carbons (Fsp3) is 0.421. The number of nitrogens with one attached hydrogen (secondary N) is 2. The maximum atomic E-state index is 12.7. The van der Waals surface area contributed by atoms with E-state index in [1.165, 1.54) is 17.5 Å². The number of fused-ring (bicyclic) bond motifs is 2. The second-order valence-electron chi connectivity index (χ2n) is 7.17. The number of aromatic nitrogens is 2. The van der Waals surface area contributed by atoms with E-state index in [2.05, 4.69) is 26.1 Å². The van der Waals surface area contributed by atoms with Gasteiger partial charge in [0.25, 0.3) is 10.0 Å². The van der Waals surface area contributed by atoms with E-state index in [1.807, 2.05) is 0 Å². The van der Waals surface area contributed by atoms with Gasteiger partial charge in [0.2, 0.25) is 0 Å². The molecule has 4 rings (SSSR count). The highest BCUT2D eigenvalue weighted by Crippen LogP contribution is 2.38. The van der Waals surface area contributed by atoms with Crippen molar-refractivity contribution in [3.63, 3.8) is 0 Å². The normalized spacial score (nSPS) is 15.3. The van der Waals surface area contributed by atoms with E-state index in [9.17, 15) is 13.2 Å². The van der Waals surface area contributed by atoms with Crippen LogP contribution in [-0.4, -0.2) is 24.4 Å². The third kappa shape index (κ3) is 3.18. The van der Waals surface area contributed by atoms with Crippen molar-refractivity contribution < 1.29 is 13.2 Å². The molecule has 142 valence electrons. The average Bonchev–Trinajstić information content (AvgIpc) is 3.22. The van der Waals surface area contributed by atoms with Crippen molar-refractivity contribution in [2.24, 2.45) is 0 Å². The van der Waals surface area contributed by atoms with Crippen molar-refractivity contribution in [3.05, 3.63) is 46.0 Å². The molecule has 0 fully saturated rings. The molecule has 27 heavy (non-hydrogen) atoms. The molecule has 8 heteroatoms. The predicted molar refractivity (Wildman–Crippen MR) is 101 cm³/mol. The molecule has 7 nitrogen and oxygen atoms in total. The minimum atomic E-state index is -4.06. The fourth-order valence-electron chi connectivity index (χ4n) is 4.25. The molecule has 0 radical (unpaired) electrons. The Kier molecular flexibility index (Phi) is 4.38. The number of urea groups is 1. The minimum Gasteiger partial charge on any atom is -0.307 e. The number of carbonyl (C=O) groups is 1. The maximum absolute atomic E-state index is 12.7. The highest BCUT2D eigenvalue weighted by atomic mass is 32.2. The van der Waals surface area contributed by atoms with E-state index >= 15 is 0 Å². The maximum Gasteiger partial charge on any atom is 0.333 e. The first-order valence-corrected chi connectivity index (χ1v) is 10.6. The first-order valence-electron chi connectivity index (χ1n) is 9.15. The highest BCUT2D eigenvalue weighted by Gasteiger charge is 2.27. The van der Waals surface area contributed by atoms with Crippen LogP contribution in [0.1, 0.15) is 46.5 Å². The number of rotatable bonds is 3. The minimum absolute atomic E-state index is 0.0522. The van der Waals surface area contributed by atoms with Crippen LogP contribution in [-0.2, 0) is 35.7 Å². The quantitative estimate of drug-likeness (QED) is 0.844. The Morgan fingerprint density at radius 1 is 0.963 bits per heavy atom. The summed E-state index contributed by atoms with van der Waals surface area (Å²) in [5, 5.41) is 2.84. The van der Waals surface area contributed by atoms with E-state index in [-0.39, 0.29) is 4.90 Å². The number of sulfonamides is 1. The van der Waals surface area contributed by atoms with Crippen LogP contribution in [0, 0.1) is 13.8 Å². The van der Waals surface area contributed by atoms with Gasteiger partial charge in [-0.2, -0.15) is 0 Å². The first-order chi connectivity index (χ1) is 12.9. The van der Waals surface area contributed by atoms with E-state index < -0.39 is 16.1 Å². The Bertz CT molecular complexity index is 995. The van der Waals surface area contributed by atoms with Crippen LogP contribution < -0.4 is 10.0 Å². The van der Waals surface area contributed by atoms with Crippen molar-refractivity contribution in [1.29, 1.82) is 0 Å². The van der Waals surface area contributed by atoms with Gasteiger partial charge in [-0.25, -0.2) is 27.9 Å². The molecule has 1 aromatic heterocycles. The summed E-state index contributed by atoms with van der Waals surface area (Å²) in [5.74, 6) is 0. The average molecular weight is 386 g/mol. The Morgan fingerprint density at radius 2 is 1.52 bits per heavy atom. The van der Waals surface area contributed by atoms with Crippen LogP contribution in [0.5, 0.6) is 0 Å². The van der Waals surface area contributed by atoms with Crippen molar-refractivity contribution in [2.45, 2.75) is 57.3 Å². The van der Waals surface area contributed by atoms with E-state index in [1.54, 1.807) is 13.8 Å². The van der Waals surface area contributed by atoms with Crippen molar-refractivity contribution >= 4 is 21.7 Å². The number of amides is 2. The number of hydrogen-bond acceptors (Lipinski definition) is 5. The Hall–Kier alpha value is -2.48. The molecule has 0 unspecified atom stereocenters. The number of aryl methyl sites for hydroxylation is 4. The smallest absolute Gasteiger partial charge is 0.307 e. The van der Waals surface area contributed by atoms with E-state index in [4.69, 9.17) is 0 Å². The van der Waals surface area contributed by atoms with Gasteiger partial charge in [0.1, 0.15) is 11.2 Å². The number of carbonyl (C=O) groups excluding carboxylic acids is 1. The lowest BCUT2D eigenvalue weighted by Crippen LogP contribution is -2.36. The highest BCUT2D eigenvalue weighted by molar-refractivity contribution is 7.90. The topological polar surface area (TPSA) is 101 Å². The van der Waals surface area contributed by atoms with Gasteiger partial charge in [-0.05, 0) is 74.6 Å². The molecule has 2 N–H and O–H groups in total. The Balaban J connectivity index is 1.63. The van der Waals surface area contributed by atoms with Gasteiger partial charge in [0.05, 0.1) is 11.4 Å². The summed E-state index contributed by atoms with van der Waals surface area (Å²) in [7, 11) is -4.06. The summed E-state index contributed by atoms with van der Waals surface area (Å²) in [6.07, 6.45) is 7.28. The van der Waals surface area contributed by atoms with Crippen molar-refractivity contribution in [3.8, 4) is 0 Å². The van der Waals surface area contributed by atoms with Crippen LogP contribution >= 0.6 is 0 Å². The number of anilines is 1. The first kappa shape index (κ1) is 17.9. The summed E-state index contributed by atoms with van der Waals surface area (Å²) >= 11 is 0. The molecule has 0 spiro atoms. The van der Waals surface area contributed by atoms with Crippen molar-refractivity contribution in [1.82, 2.24) is 14.7 Å². The number of nitrogens with zero attached hydrogens (tertiary/aromatic N) is 2.